The number of esters is 4. The number of ketones is 1. The molecular weight excluding hydrogens is 948 g/mol. The van der Waals surface area contributed by atoms with Gasteiger partial charge in [0.2, 0.25) is 5.78 Å². The molecule has 70 heavy (non-hydrogen) atoms. The number of hydrogen-bond donors (Lipinski definition) is 1. The summed E-state index contributed by atoms with van der Waals surface area (Å²) in [6.07, 6.45) is -12.5. The van der Waals surface area contributed by atoms with Gasteiger partial charge in [0.1, 0.15) is 52.0 Å². The van der Waals surface area contributed by atoms with E-state index < -0.39 is 77.8 Å². The number of hydrogen-bond acceptors (Lipinski definition) is 14. The molecule has 22 heteroatoms. The van der Waals surface area contributed by atoms with Gasteiger partial charge in [0.25, 0.3) is 0 Å². The molecular formula is C48H66F7NO14. The summed E-state index contributed by atoms with van der Waals surface area (Å²) in [5.41, 5.74) is -2.18. The van der Waals surface area contributed by atoms with E-state index in [1.807, 2.05) is 13.8 Å². The van der Waals surface area contributed by atoms with Gasteiger partial charge in [-0.25, -0.2) is 19.1 Å². The summed E-state index contributed by atoms with van der Waals surface area (Å²) >= 11 is 0. The zero-order valence-corrected chi connectivity index (χ0v) is 41.2. The van der Waals surface area contributed by atoms with Crippen LogP contribution in [0.2, 0.25) is 0 Å². The third kappa shape index (κ3) is 26.3. The first-order valence-corrected chi connectivity index (χ1v) is 22.0. The number of benzene rings is 2. The first-order valence-electron chi connectivity index (χ1n) is 22.0. The quantitative estimate of drug-likeness (QED) is 0.0234. The lowest BCUT2D eigenvalue weighted by molar-refractivity contribution is -0.378. The van der Waals surface area contributed by atoms with Crippen molar-refractivity contribution in [3.63, 3.8) is 0 Å². The van der Waals surface area contributed by atoms with Crippen LogP contribution in [0.5, 0.6) is 5.75 Å². The van der Waals surface area contributed by atoms with Crippen LogP contribution in [0.25, 0.3) is 0 Å². The molecule has 0 aliphatic rings. The molecule has 1 N–H and O–H groups in total. The van der Waals surface area contributed by atoms with Crippen LogP contribution in [0.4, 0.5) is 35.5 Å². The Labute approximate surface area is 404 Å². The van der Waals surface area contributed by atoms with Gasteiger partial charge in [-0.1, -0.05) is 64.6 Å². The minimum atomic E-state index is -5.34. The molecule has 0 aliphatic heterocycles. The maximum Gasteiger partial charge on any atom is 0.460 e. The van der Waals surface area contributed by atoms with Crippen LogP contribution in [0.15, 0.2) is 67.3 Å². The Morgan fingerprint density at radius 2 is 1.17 bits per heavy atom. The molecule has 0 aliphatic carbocycles. The Morgan fingerprint density at radius 3 is 1.66 bits per heavy atom. The lowest BCUT2D eigenvalue weighted by Crippen LogP contribution is -2.47. The molecule has 0 aromatic heterocycles. The number of alkyl halides is 7. The van der Waals surface area contributed by atoms with Gasteiger partial charge >= 0.3 is 48.4 Å². The summed E-state index contributed by atoms with van der Waals surface area (Å²) in [7, 11) is 0. The van der Waals surface area contributed by atoms with Crippen molar-refractivity contribution >= 4 is 35.8 Å². The molecule has 0 spiro atoms. The van der Waals surface area contributed by atoms with Crippen molar-refractivity contribution < 1.29 is 97.4 Å². The number of Topliss-reactive ketones (excluding diaryl/α,β-unsaturated/α-hetero) is 1. The zero-order valence-electron chi connectivity index (χ0n) is 41.2. The molecule has 15 nitrogen and oxygen atoms in total. The second-order valence-corrected chi connectivity index (χ2v) is 16.9. The maximum absolute atomic E-state index is 13.9. The molecule has 0 heterocycles. The van der Waals surface area contributed by atoms with E-state index in [-0.39, 0.29) is 56.9 Å². The predicted octanol–water partition coefficient (Wildman–Crippen LogP) is 9.95. The van der Waals surface area contributed by atoms with E-state index in [2.05, 4.69) is 75.0 Å². The number of rotatable bonds is 26. The number of ether oxygens (including phenoxy) is 8. The van der Waals surface area contributed by atoms with Crippen LogP contribution in [0, 0.1) is 10.8 Å². The maximum atomic E-state index is 13.9. The summed E-state index contributed by atoms with van der Waals surface area (Å²) in [6, 6.07) is 15.7. The summed E-state index contributed by atoms with van der Waals surface area (Å²) in [5, 5.41) is 2.38. The van der Waals surface area contributed by atoms with E-state index in [1.165, 1.54) is 36.2 Å². The van der Waals surface area contributed by atoms with E-state index in [4.69, 9.17) is 18.9 Å². The first kappa shape index (κ1) is 64.2. The molecule has 0 radical (unpaired) electrons. The van der Waals surface area contributed by atoms with Crippen LogP contribution in [0.1, 0.15) is 110 Å². The van der Waals surface area contributed by atoms with Crippen molar-refractivity contribution in [3.8, 4) is 5.75 Å². The molecule has 1 unspecified atom stereocenters. The molecule has 396 valence electrons. The molecule has 0 saturated heterocycles. The summed E-state index contributed by atoms with van der Waals surface area (Å²) in [4.78, 5) is 69.9. The highest BCUT2D eigenvalue weighted by Crippen LogP contribution is 2.32. The average molecular weight is 1010 g/mol. The monoisotopic (exact) mass is 1010 g/mol. The van der Waals surface area contributed by atoms with Crippen LogP contribution in [-0.2, 0) is 52.3 Å². The standard InChI is InChI=1S/C24H29F7O8.C14H23NO6.C10H14/c1-6-20(2,3)18(33)37-12-11-36-16-9-7-15(8-10-16)17(32)21(4,5)38-19(34)24(30,31)39-23(28,29)14-35-13-22(25,26)27;1-5-11(16)19-8-7-15-13(18)21-10-9-20-12(17)14(3,4)6-2;1-3-9(2)10-7-5-4-6-8-10/h7-10H,6,11-14H2,1-5H3;5H,1,6-10H2,2-4H3,(H,15,18);4-9H,3H2,1-2H3. The summed E-state index contributed by atoms with van der Waals surface area (Å²) in [5.74, 6) is -4.02. The number of carbonyl (C=O) groups excluding carboxylic acids is 6. The largest absolute Gasteiger partial charge is 0.490 e. The number of carbonyl (C=O) groups is 6. The van der Waals surface area contributed by atoms with Gasteiger partial charge in [-0.05, 0) is 96.6 Å². The second-order valence-electron chi connectivity index (χ2n) is 16.9. The van der Waals surface area contributed by atoms with Gasteiger partial charge in [-0.15, -0.1) is 0 Å². The smallest absolute Gasteiger partial charge is 0.460 e. The van der Waals surface area contributed by atoms with Crippen LogP contribution in [0.3, 0.4) is 0 Å². The van der Waals surface area contributed by atoms with Crippen LogP contribution >= 0.6 is 0 Å². The highest BCUT2D eigenvalue weighted by atomic mass is 19.4. The van der Waals surface area contributed by atoms with Gasteiger partial charge < -0.3 is 38.5 Å². The number of halogens is 7. The molecule has 2 aromatic rings. The molecule has 0 saturated carbocycles. The molecule has 2 rings (SSSR count). The fourth-order valence-corrected chi connectivity index (χ4v) is 4.61. The highest BCUT2D eigenvalue weighted by molar-refractivity contribution is 6.03. The zero-order chi connectivity index (χ0) is 54.0. The highest BCUT2D eigenvalue weighted by Gasteiger charge is 2.54. The van der Waals surface area contributed by atoms with Crippen molar-refractivity contribution in [2.24, 2.45) is 10.8 Å². The van der Waals surface area contributed by atoms with Crippen molar-refractivity contribution in [2.45, 2.75) is 118 Å². The van der Waals surface area contributed by atoms with Crippen molar-refractivity contribution in [2.75, 3.05) is 52.8 Å². The minimum Gasteiger partial charge on any atom is -0.490 e. The Bertz CT molecular complexity index is 1940. The minimum absolute atomic E-state index is 0.00112. The predicted molar refractivity (Wildman–Crippen MR) is 240 cm³/mol. The normalized spacial score (nSPS) is 12.3. The van der Waals surface area contributed by atoms with Gasteiger partial charge in [-0.2, -0.15) is 30.7 Å². The second kappa shape index (κ2) is 30.1. The van der Waals surface area contributed by atoms with Crippen molar-refractivity contribution in [3.05, 3.63) is 78.4 Å². The lowest BCUT2D eigenvalue weighted by Gasteiger charge is -2.27. The Morgan fingerprint density at radius 1 is 0.657 bits per heavy atom. The van der Waals surface area contributed by atoms with E-state index >= 15 is 0 Å². The Balaban J connectivity index is 0.00000126. The molecule has 0 fully saturated rings. The molecule has 1 amide bonds. The van der Waals surface area contributed by atoms with E-state index in [9.17, 15) is 59.5 Å². The molecule has 2 aromatic carbocycles. The summed E-state index contributed by atoms with van der Waals surface area (Å²) < 4.78 is 127. The van der Waals surface area contributed by atoms with Crippen LogP contribution in [-0.4, -0.2) is 113 Å². The van der Waals surface area contributed by atoms with Crippen molar-refractivity contribution in [1.29, 1.82) is 0 Å². The van der Waals surface area contributed by atoms with Gasteiger partial charge in [0, 0.05) is 11.6 Å². The fourth-order valence-electron chi connectivity index (χ4n) is 4.61. The van der Waals surface area contributed by atoms with E-state index in [1.54, 1.807) is 27.7 Å². The fraction of sp³-hybridized carbons (Fsp3) is 0.583. The van der Waals surface area contributed by atoms with Crippen molar-refractivity contribution in [1.82, 2.24) is 5.32 Å². The van der Waals surface area contributed by atoms with Gasteiger partial charge in [0.15, 0.2) is 5.60 Å². The third-order valence-corrected chi connectivity index (χ3v) is 9.83. The molecule has 0 bridgehead atoms. The average Bonchev–Trinajstić information content (AvgIpc) is 3.29. The lowest BCUT2D eigenvalue weighted by atomic mass is 9.91. The summed E-state index contributed by atoms with van der Waals surface area (Å²) in [6.45, 7) is 15.9. The molecule has 1 atom stereocenters. The van der Waals surface area contributed by atoms with E-state index in [0.717, 1.165) is 19.9 Å². The Kier molecular flexibility index (Phi) is 27.6. The first-order chi connectivity index (χ1) is 32.3. The topological polar surface area (TPSA) is 188 Å². The number of amides is 1. The van der Waals surface area contributed by atoms with Crippen LogP contribution < -0.4 is 10.1 Å². The number of alkyl carbamates (subject to hydrolysis) is 1. The Hall–Kier alpha value is -5.77. The van der Waals surface area contributed by atoms with Gasteiger partial charge in [-0.3, -0.25) is 14.4 Å². The van der Waals surface area contributed by atoms with E-state index in [0.29, 0.717) is 18.8 Å². The number of nitrogens with one attached hydrogen (secondary N) is 1. The SMILES string of the molecule is C=CC(=O)OCCNC(=O)OCCOC(=O)C(C)(C)CC.CCC(C)(C)C(=O)OCCOc1ccc(C(=O)C(C)(C)OC(=O)C(F)(F)OC(F)(F)COCC(F)(F)F)cc1.CCC(C)c1ccccc1. The third-order valence-electron chi connectivity index (χ3n) is 9.83. The van der Waals surface area contributed by atoms with Gasteiger partial charge in [0.05, 0.1) is 17.4 Å².